The van der Waals surface area contributed by atoms with Gasteiger partial charge in [-0.25, -0.2) is 4.79 Å². The lowest BCUT2D eigenvalue weighted by atomic mass is 9.98. The van der Waals surface area contributed by atoms with E-state index in [2.05, 4.69) is 0 Å². The topological polar surface area (TPSA) is 99.0 Å². The van der Waals surface area contributed by atoms with Crippen LogP contribution in [0.15, 0.2) is 18.2 Å². The van der Waals surface area contributed by atoms with Crippen molar-refractivity contribution >= 4 is 17.6 Å². The van der Waals surface area contributed by atoms with Crippen molar-refractivity contribution < 1.29 is 24.0 Å². The molecule has 1 aromatic carbocycles. The third-order valence-electron chi connectivity index (χ3n) is 4.13. The first-order chi connectivity index (χ1) is 10.8. The molecule has 1 aliphatic heterocycles. The monoisotopic (exact) mass is 322 g/mol. The number of hydrogen-bond donors (Lipinski definition) is 0. The summed E-state index contributed by atoms with van der Waals surface area (Å²) in [6.45, 7) is 2.08. The predicted octanol–water partition coefficient (Wildman–Crippen LogP) is 1.77. The first-order valence-electron chi connectivity index (χ1n) is 7.08. The van der Waals surface area contributed by atoms with E-state index in [0.29, 0.717) is 19.4 Å². The number of rotatable bonds is 4. The Morgan fingerprint density at radius 1 is 1.35 bits per heavy atom. The van der Waals surface area contributed by atoms with Gasteiger partial charge in [0, 0.05) is 24.2 Å². The normalized spacial score (nSPS) is 20.2. The van der Waals surface area contributed by atoms with Crippen molar-refractivity contribution in [3.8, 4) is 5.75 Å². The van der Waals surface area contributed by atoms with Crippen LogP contribution in [-0.2, 0) is 9.53 Å². The van der Waals surface area contributed by atoms with E-state index in [1.807, 2.05) is 0 Å². The molecule has 0 radical (unpaired) electrons. The Morgan fingerprint density at radius 2 is 2.04 bits per heavy atom. The molecule has 1 amide bonds. The van der Waals surface area contributed by atoms with E-state index in [0.717, 1.165) is 0 Å². The highest BCUT2D eigenvalue weighted by Crippen LogP contribution is 2.33. The molecule has 1 fully saturated rings. The molecule has 0 spiro atoms. The molecule has 8 nitrogen and oxygen atoms in total. The van der Waals surface area contributed by atoms with Crippen LogP contribution < -0.4 is 4.74 Å². The lowest BCUT2D eigenvalue weighted by molar-refractivity contribution is -0.385. The zero-order chi connectivity index (χ0) is 17.2. The number of benzene rings is 1. The number of methoxy groups -OCH3 is 2. The van der Waals surface area contributed by atoms with Gasteiger partial charge in [-0.2, -0.15) is 0 Å². The van der Waals surface area contributed by atoms with Crippen LogP contribution in [-0.4, -0.2) is 48.0 Å². The fourth-order valence-electron chi connectivity index (χ4n) is 2.84. The molecule has 1 aliphatic rings. The van der Waals surface area contributed by atoms with Crippen LogP contribution in [0.4, 0.5) is 5.69 Å². The van der Waals surface area contributed by atoms with Gasteiger partial charge in [0.25, 0.3) is 5.91 Å². The number of esters is 1. The summed E-state index contributed by atoms with van der Waals surface area (Å²) in [5, 5.41) is 10.9. The summed E-state index contributed by atoms with van der Waals surface area (Å²) in [6, 6.07) is 3.90. The number of carbonyl (C=O) groups excluding carboxylic acids is 2. The molecular weight excluding hydrogens is 304 g/mol. The smallest absolute Gasteiger partial charge is 0.331 e. The largest absolute Gasteiger partial charge is 0.490 e. The molecule has 0 aliphatic carbocycles. The zero-order valence-electron chi connectivity index (χ0n) is 13.2. The molecule has 1 aromatic rings. The van der Waals surface area contributed by atoms with Crippen molar-refractivity contribution in [2.45, 2.75) is 25.3 Å². The maximum atomic E-state index is 12.7. The maximum Gasteiger partial charge on any atom is 0.331 e. The maximum absolute atomic E-state index is 12.7. The van der Waals surface area contributed by atoms with Crippen molar-refractivity contribution in [2.75, 3.05) is 20.8 Å². The van der Waals surface area contributed by atoms with E-state index in [9.17, 15) is 19.7 Å². The molecule has 1 atom stereocenters. The first-order valence-corrected chi connectivity index (χ1v) is 7.08. The standard InChI is InChI=1S/C15H18N2O6/c1-15(14(19)23-3)7-4-8-16(15)13(18)10-5-6-11(17(20)21)12(9-10)22-2/h5-6,9H,4,7-8H2,1-3H3. The number of hydrogen-bond acceptors (Lipinski definition) is 6. The van der Waals surface area contributed by atoms with Gasteiger partial charge >= 0.3 is 11.7 Å². The fourth-order valence-corrected chi connectivity index (χ4v) is 2.84. The number of amides is 1. The number of likely N-dealkylation sites (tertiary alicyclic amines) is 1. The quantitative estimate of drug-likeness (QED) is 0.476. The summed E-state index contributed by atoms with van der Waals surface area (Å²) in [6.07, 6.45) is 1.19. The highest BCUT2D eigenvalue weighted by molar-refractivity contribution is 5.99. The Labute approximate surface area is 133 Å². The Bertz CT molecular complexity index is 659. The molecule has 8 heteroatoms. The van der Waals surface area contributed by atoms with Gasteiger partial charge in [-0.3, -0.25) is 14.9 Å². The Hall–Kier alpha value is -2.64. The minimum absolute atomic E-state index is 0.000168. The first kappa shape index (κ1) is 16.7. The van der Waals surface area contributed by atoms with Crippen LogP contribution in [0.2, 0.25) is 0 Å². The third-order valence-corrected chi connectivity index (χ3v) is 4.13. The molecule has 0 bridgehead atoms. The second-order valence-electron chi connectivity index (χ2n) is 5.47. The summed E-state index contributed by atoms with van der Waals surface area (Å²) in [4.78, 5) is 36.5. The Balaban J connectivity index is 2.37. The van der Waals surface area contributed by atoms with Crippen molar-refractivity contribution in [3.63, 3.8) is 0 Å². The van der Waals surface area contributed by atoms with Gasteiger partial charge in [0.1, 0.15) is 5.54 Å². The molecule has 1 saturated heterocycles. The second kappa shape index (κ2) is 6.23. The lowest BCUT2D eigenvalue weighted by Gasteiger charge is -2.32. The van der Waals surface area contributed by atoms with E-state index in [-0.39, 0.29) is 22.9 Å². The van der Waals surface area contributed by atoms with E-state index >= 15 is 0 Å². The van der Waals surface area contributed by atoms with Crippen molar-refractivity contribution in [2.24, 2.45) is 0 Å². The Kier molecular flexibility index (Phi) is 4.53. The van der Waals surface area contributed by atoms with E-state index in [4.69, 9.17) is 9.47 Å². The molecule has 0 saturated carbocycles. The van der Waals surface area contributed by atoms with E-state index in [1.54, 1.807) is 6.92 Å². The minimum Gasteiger partial charge on any atom is -0.490 e. The van der Waals surface area contributed by atoms with E-state index in [1.165, 1.54) is 37.3 Å². The Morgan fingerprint density at radius 3 is 2.61 bits per heavy atom. The number of nitro groups is 1. The van der Waals surface area contributed by atoms with Crippen LogP contribution in [0, 0.1) is 10.1 Å². The molecule has 1 heterocycles. The summed E-state index contributed by atoms with van der Waals surface area (Å²) in [7, 11) is 2.58. The molecule has 0 aromatic heterocycles. The number of nitro benzene ring substituents is 1. The molecule has 1 unspecified atom stereocenters. The SMILES string of the molecule is COC(=O)C1(C)CCCN1C(=O)c1ccc([N+](=O)[O-])c(OC)c1. The van der Waals surface area contributed by atoms with Crippen molar-refractivity contribution in [3.05, 3.63) is 33.9 Å². The second-order valence-corrected chi connectivity index (χ2v) is 5.47. The number of carbonyl (C=O) groups is 2. The predicted molar refractivity (Wildman–Crippen MR) is 80.3 cm³/mol. The van der Waals surface area contributed by atoms with Gasteiger partial charge in [-0.05, 0) is 25.8 Å². The fraction of sp³-hybridized carbons (Fsp3) is 0.467. The molecule has 0 N–H and O–H groups in total. The number of ether oxygens (including phenoxy) is 2. The molecular formula is C15H18N2O6. The van der Waals surface area contributed by atoms with Crippen LogP contribution in [0.3, 0.4) is 0 Å². The van der Waals surface area contributed by atoms with Gasteiger partial charge in [-0.15, -0.1) is 0 Å². The zero-order valence-corrected chi connectivity index (χ0v) is 13.2. The molecule has 124 valence electrons. The summed E-state index contributed by atoms with van der Waals surface area (Å²) < 4.78 is 9.78. The average molecular weight is 322 g/mol. The average Bonchev–Trinajstić information content (AvgIpc) is 2.95. The number of nitrogens with zero attached hydrogens (tertiary/aromatic N) is 2. The van der Waals surface area contributed by atoms with Gasteiger partial charge in [0.05, 0.1) is 19.1 Å². The summed E-state index contributed by atoms with van der Waals surface area (Å²) >= 11 is 0. The van der Waals surface area contributed by atoms with Gasteiger partial charge < -0.3 is 14.4 Å². The van der Waals surface area contributed by atoms with Crippen molar-refractivity contribution in [1.29, 1.82) is 0 Å². The lowest BCUT2D eigenvalue weighted by Crippen LogP contribution is -2.51. The van der Waals surface area contributed by atoms with Gasteiger partial charge in [-0.1, -0.05) is 0 Å². The van der Waals surface area contributed by atoms with Crippen molar-refractivity contribution in [1.82, 2.24) is 4.90 Å². The van der Waals surface area contributed by atoms with Crippen LogP contribution >= 0.6 is 0 Å². The molecule has 23 heavy (non-hydrogen) atoms. The van der Waals surface area contributed by atoms with Crippen LogP contribution in [0.5, 0.6) is 5.75 Å². The summed E-state index contributed by atoms with van der Waals surface area (Å²) in [5.74, 6) is -0.861. The van der Waals surface area contributed by atoms with Crippen LogP contribution in [0.1, 0.15) is 30.1 Å². The van der Waals surface area contributed by atoms with Crippen LogP contribution in [0.25, 0.3) is 0 Å². The summed E-state index contributed by atoms with van der Waals surface area (Å²) in [5.41, 5.74) is -1.02. The third kappa shape index (κ3) is 2.84. The minimum atomic E-state index is -1.03. The highest BCUT2D eigenvalue weighted by Gasteiger charge is 2.47. The van der Waals surface area contributed by atoms with E-state index < -0.39 is 16.4 Å². The highest BCUT2D eigenvalue weighted by atomic mass is 16.6. The van der Waals surface area contributed by atoms with Gasteiger partial charge in [0.15, 0.2) is 5.75 Å². The molecule has 2 rings (SSSR count). The van der Waals surface area contributed by atoms with Gasteiger partial charge in [0.2, 0.25) is 0 Å².